The molecule has 0 saturated carbocycles. The van der Waals surface area contributed by atoms with E-state index in [4.69, 9.17) is 5.73 Å². The van der Waals surface area contributed by atoms with Crippen LogP contribution in [-0.4, -0.2) is 49.2 Å². The van der Waals surface area contributed by atoms with Crippen LogP contribution in [0.1, 0.15) is 18.9 Å². The maximum atomic E-state index is 13.3. The van der Waals surface area contributed by atoms with E-state index in [0.717, 1.165) is 26.9 Å². The summed E-state index contributed by atoms with van der Waals surface area (Å²) in [6, 6.07) is 21.1. The summed E-state index contributed by atoms with van der Waals surface area (Å²) < 4.78 is 0. The lowest BCUT2D eigenvalue weighted by atomic mass is 10.0. The van der Waals surface area contributed by atoms with Crippen molar-refractivity contribution in [1.82, 2.24) is 10.6 Å². The number of nitrogens with zero attached hydrogens (tertiary/aromatic N) is 1. The molecule has 36 heavy (non-hydrogen) atoms. The Balaban J connectivity index is 1.49. The number of rotatable bonds is 9. The maximum Gasteiger partial charge on any atom is 0.242 e. The van der Waals surface area contributed by atoms with Crippen LogP contribution in [0, 0.1) is 5.92 Å². The van der Waals surface area contributed by atoms with Crippen LogP contribution in [0.3, 0.4) is 0 Å². The van der Waals surface area contributed by atoms with E-state index in [2.05, 4.69) is 10.6 Å². The minimum atomic E-state index is -0.754. The number of nitrogens with one attached hydrogen (secondary N) is 2. The lowest BCUT2D eigenvalue weighted by Gasteiger charge is -2.27. The summed E-state index contributed by atoms with van der Waals surface area (Å²) in [6.45, 7) is 2.67. The molecule has 2 unspecified atom stereocenters. The van der Waals surface area contributed by atoms with Gasteiger partial charge in [0.2, 0.25) is 17.7 Å². The fourth-order valence-electron chi connectivity index (χ4n) is 4.32. The summed E-state index contributed by atoms with van der Waals surface area (Å²) in [5, 5.41) is 7.92. The molecule has 1 aliphatic rings. The first-order chi connectivity index (χ1) is 17.5. The third kappa shape index (κ3) is 6.25. The number of nitrogens with two attached hydrogens (primary N) is 1. The fourth-order valence-corrected chi connectivity index (χ4v) is 5.32. The number of thioether (sulfide) groups is 1. The molecular weight excluding hydrogens is 472 g/mol. The van der Waals surface area contributed by atoms with Crippen molar-refractivity contribution in [2.24, 2.45) is 11.7 Å². The zero-order valence-corrected chi connectivity index (χ0v) is 21.2. The van der Waals surface area contributed by atoms with Crippen molar-refractivity contribution < 1.29 is 14.4 Å². The summed E-state index contributed by atoms with van der Waals surface area (Å²) in [7, 11) is 0. The molecule has 188 valence electrons. The highest BCUT2D eigenvalue weighted by Gasteiger charge is 2.28. The van der Waals surface area contributed by atoms with Gasteiger partial charge in [0, 0.05) is 43.1 Å². The minimum Gasteiger partial charge on any atom is -0.353 e. The second-order valence-corrected chi connectivity index (χ2v) is 10.1. The van der Waals surface area contributed by atoms with Gasteiger partial charge in [-0.1, -0.05) is 61.5 Å². The molecule has 4 rings (SSSR count). The molecule has 0 saturated heterocycles. The maximum absolute atomic E-state index is 13.3. The van der Waals surface area contributed by atoms with Crippen molar-refractivity contribution in [3.8, 4) is 0 Å². The highest BCUT2D eigenvalue weighted by molar-refractivity contribution is 7.99. The van der Waals surface area contributed by atoms with Gasteiger partial charge in [-0.2, -0.15) is 0 Å². The third-order valence-corrected chi connectivity index (χ3v) is 7.33. The van der Waals surface area contributed by atoms with Gasteiger partial charge in [-0.05, 0) is 28.5 Å². The van der Waals surface area contributed by atoms with E-state index in [0.29, 0.717) is 31.7 Å². The van der Waals surface area contributed by atoms with Crippen LogP contribution in [-0.2, 0) is 20.8 Å². The quantitative estimate of drug-likeness (QED) is 0.415. The number of para-hydroxylation sites is 1. The largest absolute Gasteiger partial charge is 0.353 e. The van der Waals surface area contributed by atoms with Crippen molar-refractivity contribution in [2.75, 3.05) is 30.3 Å². The molecule has 0 aliphatic carbocycles. The second-order valence-electron chi connectivity index (χ2n) is 9.00. The van der Waals surface area contributed by atoms with E-state index in [-0.39, 0.29) is 24.3 Å². The Bertz CT molecular complexity index is 1250. The Labute approximate surface area is 215 Å². The predicted octanol–water partition coefficient (Wildman–Crippen LogP) is 3.11. The highest BCUT2D eigenvalue weighted by atomic mass is 32.2. The first-order valence-corrected chi connectivity index (χ1v) is 13.2. The number of fused-ring (bicyclic) bond motifs is 2. The second kappa shape index (κ2) is 12.1. The van der Waals surface area contributed by atoms with Crippen LogP contribution in [0.5, 0.6) is 0 Å². The smallest absolute Gasteiger partial charge is 0.242 e. The van der Waals surface area contributed by atoms with Crippen LogP contribution in [0.25, 0.3) is 10.8 Å². The molecule has 1 heterocycles. The van der Waals surface area contributed by atoms with E-state index < -0.39 is 12.0 Å². The van der Waals surface area contributed by atoms with Gasteiger partial charge in [0.25, 0.3) is 0 Å². The average Bonchev–Trinajstić information content (AvgIpc) is 3.05. The van der Waals surface area contributed by atoms with Crippen molar-refractivity contribution in [3.05, 3.63) is 72.3 Å². The van der Waals surface area contributed by atoms with Gasteiger partial charge < -0.3 is 21.3 Å². The summed E-state index contributed by atoms with van der Waals surface area (Å²) in [6.07, 6.45) is 0.765. The zero-order chi connectivity index (χ0) is 25.5. The summed E-state index contributed by atoms with van der Waals surface area (Å²) in [4.78, 5) is 41.8. The number of benzene rings is 3. The molecule has 0 spiro atoms. The van der Waals surface area contributed by atoms with E-state index >= 15 is 0 Å². The van der Waals surface area contributed by atoms with Gasteiger partial charge in [-0.3, -0.25) is 14.4 Å². The van der Waals surface area contributed by atoms with Crippen LogP contribution in [0.15, 0.2) is 71.6 Å². The van der Waals surface area contributed by atoms with Crippen molar-refractivity contribution in [3.63, 3.8) is 0 Å². The van der Waals surface area contributed by atoms with Crippen molar-refractivity contribution in [1.29, 1.82) is 0 Å². The third-order valence-electron chi connectivity index (χ3n) is 6.26. The summed E-state index contributed by atoms with van der Waals surface area (Å²) in [5.74, 6) is -0.345. The van der Waals surface area contributed by atoms with Gasteiger partial charge in [0.15, 0.2) is 0 Å². The zero-order valence-electron chi connectivity index (χ0n) is 20.4. The Morgan fingerprint density at radius 1 is 1.03 bits per heavy atom. The molecule has 3 aromatic carbocycles. The molecule has 8 heteroatoms. The molecule has 1 aliphatic heterocycles. The molecule has 7 nitrogen and oxygen atoms in total. The molecular formula is C28H32N4O3S. The number of hydrogen-bond donors (Lipinski definition) is 3. The van der Waals surface area contributed by atoms with Gasteiger partial charge in [-0.15, -0.1) is 11.8 Å². The normalized spacial score (nSPS) is 15.1. The Morgan fingerprint density at radius 2 is 1.78 bits per heavy atom. The number of amides is 3. The van der Waals surface area contributed by atoms with E-state index in [1.807, 2.05) is 66.7 Å². The average molecular weight is 505 g/mol. The number of carbonyl (C=O) groups excluding carboxylic acids is 3. The van der Waals surface area contributed by atoms with E-state index in [1.54, 1.807) is 23.6 Å². The molecule has 0 radical (unpaired) electrons. The lowest BCUT2D eigenvalue weighted by Crippen LogP contribution is -2.51. The highest BCUT2D eigenvalue weighted by Crippen LogP contribution is 2.34. The van der Waals surface area contributed by atoms with Crippen LogP contribution < -0.4 is 21.3 Å². The first-order valence-electron chi connectivity index (χ1n) is 12.2. The molecule has 0 fully saturated rings. The molecule has 3 amide bonds. The van der Waals surface area contributed by atoms with Gasteiger partial charge >= 0.3 is 0 Å². The predicted molar refractivity (Wildman–Crippen MR) is 145 cm³/mol. The monoisotopic (exact) mass is 504 g/mol. The number of hydrogen-bond acceptors (Lipinski definition) is 5. The van der Waals surface area contributed by atoms with Crippen LogP contribution in [0.4, 0.5) is 5.69 Å². The summed E-state index contributed by atoms with van der Waals surface area (Å²) >= 11 is 1.65. The van der Waals surface area contributed by atoms with E-state index in [9.17, 15) is 14.4 Å². The van der Waals surface area contributed by atoms with Crippen LogP contribution >= 0.6 is 11.8 Å². The van der Waals surface area contributed by atoms with Crippen molar-refractivity contribution >= 4 is 45.9 Å². The molecule has 4 N–H and O–H groups in total. The van der Waals surface area contributed by atoms with Gasteiger partial charge in [0.05, 0.1) is 11.6 Å². The Hall–Kier alpha value is -3.36. The molecule has 0 aromatic heterocycles. The molecule has 2 atom stereocenters. The van der Waals surface area contributed by atoms with E-state index in [1.165, 1.54) is 0 Å². The molecule has 0 bridgehead atoms. The molecule has 3 aromatic rings. The van der Waals surface area contributed by atoms with Crippen molar-refractivity contribution in [2.45, 2.75) is 30.7 Å². The number of carbonyl (C=O) groups is 3. The lowest BCUT2D eigenvalue weighted by molar-refractivity contribution is -0.130. The fraction of sp³-hybridized carbons (Fsp3) is 0.321. The topological polar surface area (TPSA) is 105 Å². The Morgan fingerprint density at radius 3 is 2.58 bits per heavy atom. The first kappa shape index (κ1) is 25.7. The van der Waals surface area contributed by atoms with Gasteiger partial charge in [0.1, 0.15) is 6.04 Å². The minimum absolute atomic E-state index is 0.000465. The van der Waals surface area contributed by atoms with Gasteiger partial charge in [-0.25, -0.2) is 0 Å². The standard InChI is InChI=1S/C28H32N4O3S/c1-19(18-32-24-8-4-5-9-25(24)36-15-12-26(32)33)27(34)31-23(28(35)30-14-13-29)17-20-10-11-21-6-2-3-7-22(21)16-20/h2-11,16,19,23H,12-15,17-18,29H2,1H3,(H,30,35)(H,31,34). The Kier molecular flexibility index (Phi) is 8.61. The summed E-state index contributed by atoms with van der Waals surface area (Å²) in [5.41, 5.74) is 7.35. The SMILES string of the molecule is CC(CN1C(=O)CCSc2ccccc21)C(=O)NC(Cc1ccc2ccccc2c1)C(=O)NCCN. The number of anilines is 1. The van der Waals surface area contributed by atoms with Crippen LogP contribution in [0.2, 0.25) is 0 Å².